The minimum absolute atomic E-state index is 0.0502. The van der Waals surface area contributed by atoms with Gasteiger partial charge in [-0.15, -0.1) is 5.11 Å². The Kier molecular flexibility index (Phi) is 9.85. The van der Waals surface area contributed by atoms with Gasteiger partial charge in [-0.05, 0) is 20.8 Å². The van der Waals surface area contributed by atoms with Crippen molar-refractivity contribution in [2.24, 2.45) is 10.3 Å². The highest BCUT2D eigenvalue weighted by Crippen LogP contribution is 2.54. The maximum Gasteiger partial charge on any atom is 0.364 e. The summed E-state index contributed by atoms with van der Waals surface area (Å²) >= 11 is 0. The second kappa shape index (κ2) is 12.1. The van der Waals surface area contributed by atoms with Gasteiger partial charge in [-0.2, -0.15) is 5.10 Å². The van der Waals surface area contributed by atoms with Crippen LogP contribution in [-0.2, 0) is 34.5 Å². The molecule has 1 aromatic rings. The van der Waals surface area contributed by atoms with Crippen LogP contribution in [0.3, 0.4) is 0 Å². The third kappa shape index (κ3) is 6.25. The van der Waals surface area contributed by atoms with Gasteiger partial charge in [-0.3, -0.25) is 14.0 Å². The summed E-state index contributed by atoms with van der Waals surface area (Å²) in [6.07, 6.45) is -0.855. The molecule has 1 aromatic heterocycles. The summed E-state index contributed by atoms with van der Waals surface area (Å²) in [5, 5.41) is 44.0. The van der Waals surface area contributed by atoms with E-state index in [0.717, 1.165) is 0 Å². The number of fused-ring (bicyclic) bond motifs is 1. The number of ether oxygens (including phenoxy) is 1. The van der Waals surface area contributed by atoms with Gasteiger partial charge < -0.3 is 34.4 Å². The average molecular weight is 504 g/mol. The van der Waals surface area contributed by atoms with Crippen LogP contribution in [0.25, 0.3) is 5.70 Å². The van der Waals surface area contributed by atoms with Crippen LogP contribution in [0.2, 0.25) is 0 Å². The predicted octanol–water partition coefficient (Wildman–Crippen LogP) is 1.17. The minimum Gasteiger partial charge on any atom is -0.479 e. The number of hydrogen-bond acceptors (Lipinski definition) is 13. The quantitative estimate of drug-likeness (QED) is 0.249. The Balaban J connectivity index is 2.45. The number of nitrogens with one attached hydrogen (secondary N) is 1. The number of nitrogens with zero attached hydrogens (tertiary/aromatic N) is 5. The Labute approximate surface area is 195 Å². The molecule has 2 heterocycles. The van der Waals surface area contributed by atoms with Gasteiger partial charge in [0.25, 0.3) is 0 Å². The second-order valence-corrected chi connectivity index (χ2v) is 9.10. The van der Waals surface area contributed by atoms with Gasteiger partial charge in [-0.25, -0.2) is 9.80 Å². The van der Waals surface area contributed by atoms with Gasteiger partial charge in [0.15, 0.2) is 17.3 Å². The molecule has 16 heteroatoms. The molecule has 1 aliphatic heterocycles. The standard InChI is InChI=1S/C18H29N6O9P/c1-5-32-34(30,33-6-2)17(18(28)29)19-16-14-15(23(21-16)7-11(3)27)12(4)24(22-20-14)10-31-13(8-25)9-26/h13,17,25-26H,4-10H2,1-3H3,(H,19,21)(H,28,29). The Morgan fingerprint density at radius 3 is 2.32 bits per heavy atom. The van der Waals surface area contributed by atoms with Gasteiger partial charge in [0.05, 0.1) is 32.1 Å². The van der Waals surface area contributed by atoms with Gasteiger partial charge in [0.2, 0.25) is 5.78 Å². The van der Waals surface area contributed by atoms with Crippen LogP contribution in [-0.4, -0.2) is 86.9 Å². The van der Waals surface area contributed by atoms with Crippen molar-refractivity contribution in [3.05, 3.63) is 12.3 Å². The molecule has 15 nitrogen and oxygen atoms in total. The lowest BCUT2D eigenvalue weighted by Gasteiger charge is -2.26. The molecular weight excluding hydrogens is 475 g/mol. The highest BCUT2D eigenvalue weighted by Gasteiger charge is 2.43. The zero-order valence-electron chi connectivity index (χ0n) is 19.1. The number of anilines is 1. The Morgan fingerprint density at radius 1 is 1.21 bits per heavy atom. The monoisotopic (exact) mass is 504 g/mol. The van der Waals surface area contributed by atoms with Crippen molar-refractivity contribution in [2.75, 3.05) is 38.5 Å². The molecule has 0 amide bonds. The Hall–Kier alpha value is -2.68. The Bertz CT molecular complexity index is 967. The van der Waals surface area contributed by atoms with E-state index in [2.05, 4.69) is 27.3 Å². The highest BCUT2D eigenvalue weighted by atomic mass is 31.2. The smallest absolute Gasteiger partial charge is 0.364 e. The van der Waals surface area contributed by atoms with Gasteiger partial charge >= 0.3 is 13.6 Å². The summed E-state index contributed by atoms with van der Waals surface area (Å²) in [5.74, 6) is -3.73. The van der Waals surface area contributed by atoms with Crippen LogP contribution in [0.5, 0.6) is 0 Å². The molecule has 1 aliphatic rings. The predicted molar refractivity (Wildman–Crippen MR) is 118 cm³/mol. The summed E-state index contributed by atoms with van der Waals surface area (Å²) in [5.41, 5.74) is 0.480. The number of aliphatic hydroxyl groups is 2. The van der Waals surface area contributed by atoms with Gasteiger partial charge in [0, 0.05) is 0 Å². The van der Waals surface area contributed by atoms with Crippen LogP contribution in [0.4, 0.5) is 11.5 Å². The van der Waals surface area contributed by atoms with Crippen LogP contribution >= 0.6 is 7.60 Å². The molecule has 0 saturated heterocycles. The molecule has 2 rings (SSSR count). The van der Waals surface area contributed by atoms with Gasteiger partial charge in [0.1, 0.15) is 25.1 Å². The zero-order valence-corrected chi connectivity index (χ0v) is 20.0. The lowest BCUT2D eigenvalue weighted by Crippen LogP contribution is -2.31. The number of aliphatic hydroxyl groups excluding tert-OH is 2. The summed E-state index contributed by atoms with van der Waals surface area (Å²) in [4.78, 5) is 23.8. The first-order valence-electron chi connectivity index (χ1n) is 10.3. The number of Topliss-reactive ketones (excluding diaryl/α,β-unsaturated/α-hetero) is 1. The summed E-state index contributed by atoms with van der Waals surface area (Å²) in [6.45, 7) is 6.93. The molecule has 34 heavy (non-hydrogen) atoms. The number of carboxylic acid groups (broad SMARTS) is 1. The molecule has 0 radical (unpaired) electrons. The summed E-state index contributed by atoms with van der Waals surface area (Å²) in [7, 11) is -4.16. The van der Waals surface area contributed by atoms with Crippen molar-refractivity contribution in [1.82, 2.24) is 14.8 Å². The minimum atomic E-state index is -4.16. The normalized spacial score (nSPS) is 14.4. The molecule has 190 valence electrons. The number of ketones is 1. The first kappa shape index (κ1) is 27.6. The van der Waals surface area contributed by atoms with E-state index in [4.69, 9.17) is 24.0 Å². The molecule has 1 atom stereocenters. The fourth-order valence-corrected chi connectivity index (χ4v) is 4.57. The molecule has 0 saturated carbocycles. The number of carbonyl (C=O) groups is 2. The largest absolute Gasteiger partial charge is 0.479 e. The van der Waals surface area contributed by atoms with E-state index in [1.165, 1.54) is 16.6 Å². The van der Waals surface area contributed by atoms with E-state index in [1.807, 2.05) is 0 Å². The zero-order chi connectivity index (χ0) is 25.5. The number of carboxylic acids is 1. The van der Waals surface area contributed by atoms with E-state index in [-0.39, 0.29) is 55.2 Å². The molecule has 0 spiro atoms. The number of hydrogen-bond donors (Lipinski definition) is 4. The van der Waals surface area contributed by atoms with Crippen molar-refractivity contribution >= 4 is 36.6 Å². The molecule has 0 bridgehead atoms. The molecule has 0 fully saturated rings. The van der Waals surface area contributed by atoms with Crippen molar-refractivity contribution in [3.63, 3.8) is 0 Å². The van der Waals surface area contributed by atoms with Crippen LogP contribution < -0.4 is 5.32 Å². The third-order valence-corrected chi connectivity index (χ3v) is 6.64. The maximum atomic E-state index is 13.1. The lowest BCUT2D eigenvalue weighted by molar-refractivity contribution is -0.136. The van der Waals surface area contributed by atoms with Gasteiger partial charge in [-0.1, -0.05) is 11.8 Å². The summed E-state index contributed by atoms with van der Waals surface area (Å²) < 4.78 is 30.0. The molecule has 0 aromatic carbocycles. The first-order chi connectivity index (χ1) is 16.1. The van der Waals surface area contributed by atoms with Crippen molar-refractivity contribution < 1.29 is 43.3 Å². The fraction of sp³-hybridized carbons (Fsp3) is 0.611. The molecule has 0 aliphatic carbocycles. The van der Waals surface area contributed by atoms with Crippen molar-refractivity contribution in [1.29, 1.82) is 0 Å². The molecule has 4 N–H and O–H groups in total. The van der Waals surface area contributed by atoms with Crippen LogP contribution in [0.1, 0.15) is 26.5 Å². The second-order valence-electron chi connectivity index (χ2n) is 6.98. The lowest BCUT2D eigenvalue weighted by atomic mass is 10.2. The average Bonchev–Trinajstić information content (AvgIpc) is 3.11. The summed E-state index contributed by atoms with van der Waals surface area (Å²) in [6, 6.07) is 0. The van der Waals surface area contributed by atoms with E-state index < -0.39 is 38.7 Å². The highest BCUT2D eigenvalue weighted by molar-refractivity contribution is 7.55. The van der Waals surface area contributed by atoms with E-state index in [1.54, 1.807) is 13.8 Å². The topological polar surface area (TPSA) is 197 Å². The van der Waals surface area contributed by atoms with E-state index >= 15 is 0 Å². The maximum absolute atomic E-state index is 13.1. The number of aliphatic carboxylic acids is 1. The number of rotatable bonds is 15. The SMILES string of the molecule is C=C1c2c(c(NC(C(=O)O)P(=O)(OCC)OCC)nn2CC(C)=O)N=NN1COC(CO)CO. The molecular formula is C18H29N6O9P. The first-order valence-corrected chi connectivity index (χ1v) is 11.9. The van der Waals surface area contributed by atoms with Crippen molar-refractivity contribution in [3.8, 4) is 0 Å². The number of aromatic nitrogens is 2. The van der Waals surface area contributed by atoms with Crippen molar-refractivity contribution in [2.45, 2.75) is 39.2 Å². The van der Waals surface area contributed by atoms with E-state index in [0.29, 0.717) is 0 Å². The van der Waals surface area contributed by atoms with Crippen LogP contribution in [0.15, 0.2) is 16.9 Å². The van der Waals surface area contributed by atoms with Crippen LogP contribution in [0, 0.1) is 0 Å². The Morgan fingerprint density at radius 2 is 1.82 bits per heavy atom. The molecule has 1 unspecified atom stereocenters. The number of carbonyl (C=O) groups excluding carboxylic acids is 1. The third-order valence-electron chi connectivity index (χ3n) is 4.42. The fourth-order valence-electron chi connectivity index (χ4n) is 2.92. The van der Waals surface area contributed by atoms with E-state index in [9.17, 15) is 19.3 Å².